The van der Waals surface area contributed by atoms with Crippen LogP contribution in [0.15, 0.2) is 46.4 Å². The molecule has 0 bridgehead atoms. The molecule has 0 spiro atoms. The predicted octanol–water partition coefficient (Wildman–Crippen LogP) is 4.93. The molecular weight excluding hydrogens is 402 g/mol. The van der Waals surface area contributed by atoms with Crippen molar-refractivity contribution in [1.29, 1.82) is 0 Å². The summed E-state index contributed by atoms with van der Waals surface area (Å²) in [6, 6.07) is 9.87. The molecule has 0 aliphatic carbocycles. The quantitative estimate of drug-likeness (QED) is 0.665. The van der Waals surface area contributed by atoms with Crippen LogP contribution in [0, 0.1) is 19.8 Å². The maximum Gasteiger partial charge on any atom is 0.278 e. The number of thiophene rings is 1. The standard InChI is InChI=1S/C22H25N3O2S2/c1-14(2)12-25-21(27)19(11-17-6-5-9-28-17)24-22(25)29-13-20(26)23-18-10-15(3)7-8-16(18)4/h5-11,14H,12-13H2,1-4H3,(H,23,26)/b19-11+. The monoisotopic (exact) mass is 427 g/mol. The van der Waals surface area contributed by atoms with Gasteiger partial charge >= 0.3 is 0 Å². The second-order valence-corrected chi connectivity index (χ2v) is 9.33. The first kappa shape index (κ1) is 21.3. The first-order chi connectivity index (χ1) is 13.8. The predicted molar refractivity (Wildman–Crippen MR) is 123 cm³/mol. The lowest BCUT2D eigenvalue weighted by Crippen LogP contribution is -2.34. The molecule has 7 heteroatoms. The fraction of sp³-hybridized carbons (Fsp3) is 0.318. The molecule has 1 aliphatic rings. The van der Waals surface area contributed by atoms with E-state index in [0.717, 1.165) is 21.7 Å². The van der Waals surface area contributed by atoms with Crippen LogP contribution in [0.5, 0.6) is 0 Å². The van der Waals surface area contributed by atoms with Crippen molar-refractivity contribution in [3.05, 3.63) is 57.4 Å². The minimum atomic E-state index is -0.112. The summed E-state index contributed by atoms with van der Waals surface area (Å²) >= 11 is 2.86. The van der Waals surface area contributed by atoms with Gasteiger partial charge in [0.15, 0.2) is 5.17 Å². The van der Waals surface area contributed by atoms with E-state index in [1.165, 1.54) is 11.8 Å². The second kappa shape index (κ2) is 9.41. The van der Waals surface area contributed by atoms with Gasteiger partial charge in [-0.2, -0.15) is 0 Å². The number of aliphatic imine (C=N–C) groups is 1. The molecule has 0 unspecified atom stereocenters. The van der Waals surface area contributed by atoms with Crippen LogP contribution in [0.25, 0.3) is 6.08 Å². The Morgan fingerprint density at radius 1 is 1.31 bits per heavy atom. The van der Waals surface area contributed by atoms with Crippen LogP contribution in [0.1, 0.15) is 29.9 Å². The SMILES string of the molecule is Cc1ccc(C)c(NC(=O)CSC2=N/C(=C/c3cccs3)C(=O)N2CC(C)C)c1. The Morgan fingerprint density at radius 3 is 2.79 bits per heavy atom. The first-order valence-corrected chi connectivity index (χ1v) is 11.4. The second-order valence-electron chi connectivity index (χ2n) is 7.40. The number of hydrogen-bond donors (Lipinski definition) is 1. The third-order valence-corrected chi connectivity index (χ3v) is 6.08. The van der Waals surface area contributed by atoms with E-state index in [-0.39, 0.29) is 17.6 Å². The van der Waals surface area contributed by atoms with E-state index in [4.69, 9.17) is 0 Å². The minimum Gasteiger partial charge on any atom is -0.325 e. The highest BCUT2D eigenvalue weighted by Crippen LogP contribution is 2.26. The lowest BCUT2D eigenvalue weighted by Gasteiger charge is -2.19. The number of thioether (sulfide) groups is 1. The molecule has 0 saturated heterocycles. The van der Waals surface area contributed by atoms with Crippen molar-refractivity contribution in [3.8, 4) is 0 Å². The Hall–Kier alpha value is -2.38. The van der Waals surface area contributed by atoms with Gasteiger partial charge in [0.25, 0.3) is 5.91 Å². The highest BCUT2D eigenvalue weighted by molar-refractivity contribution is 8.14. The Labute approximate surface area is 179 Å². The topological polar surface area (TPSA) is 61.8 Å². The summed E-state index contributed by atoms with van der Waals surface area (Å²) in [5, 5.41) is 5.51. The lowest BCUT2D eigenvalue weighted by atomic mass is 10.1. The van der Waals surface area contributed by atoms with Crippen molar-refractivity contribution >= 4 is 51.8 Å². The van der Waals surface area contributed by atoms with Gasteiger partial charge in [0, 0.05) is 17.1 Å². The highest BCUT2D eigenvalue weighted by atomic mass is 32.2. The highest BCUT2D eigenvalue weighted by Gasteiger charge is 2.31. The number of nitrogens with zero attached hydrogens (tertiary/aromatic N) is 2. The van der Waals surface area contributed by atoms with E-state index >= 15 is 0 Å². The van der Waals surface area contributed by atoms with E-state index in [1.54, 1.807) is 16.2 Å². The van der Waals surface area contributed by atoms with Gasteiger partial charge in [0.2, 0.25) is 5.91 Å². The molecular formula is C22H25N3O2S2. The summed E-state index contributed by atoms with van der Waals surface area (Å²) in [5.41, 5.74) is 3.35. The molecule has 152 valence electrons. The Morgan fingerprint density at radius 2 is 2.10 bits per heavy atom. The van der Waals surface area contributed by atoms with E-state index in [0.29, 0.717) is 23.3 Å². The summed E-state index contributed by atoms with van der Waals surface area (Å²) in [5.74, 6) is 0.276. The van der Waals surface area contributed by atoms with Gasteiger partial charge in [-0.1, -0.05) is 43.8 Å². The molecule has 1 aromatic carbocycles. The first-order valence-electron chi connectivity index (χ1n) is 9.49. The van der Waals surface area contributed by atoms with Crippen LogP contribution in [-0.2, 0) is 9.59 Å². The average molecular weight is 428 g/mol. The summed E-state index contributed by atoms with van der Waals surface area (Å²) in [6.07, 6.45) is 1.81. The van der Waals surface area contributed by atoms with Gasteiger partial charge < -0.3 is 5.32 Å². The van der Waals surface area contributed by atoms with Gasteiger partial charge in [-0.05, 0) is 54.5 Å². The van der Waals surface area contributed by atoms with E-state index in [2.05, 4.69) is 24.2 Å². The van der Waals surface area contributed by atoms with Crippen molar-refractivity contribution < 1.29 is 9.59 Å². The third-order valence-electron chi connectivity index (χ3n) is 4.28. The summed E-state index contributed by atoms with van der Waals surface area (Å²) in [7, 11) is 0. The van der Waals surface area contributed by atoms with Gasteiger partial charge in [-0.3, -0.25) is 14.5 Å². The zero-order valence-electron chi connectivity index (χ0n) is 17.1. The minimum absolute atomic E-state index is 0.107. The van der Waals surface area contributed by atoms with Crippen molar-refractivity contribution in [2.45, 2.75) is 27.7 Å². The average Bonchev–Trinajstić information content (AvgIpc) is 3.27. The van der Waals surface area contributed by atoms with Crippen molar-refractivity contribution in [1.82, 2.24) is 4.90 Å². The molecule has 0 fully saturated rings. The molecule has 2 amide bonds. The fourth-order valence-electron chi connectivity index (χ4n) is 2.86. The number of benzene rings is 1. The van der Waals surface area contributed by atoms with E-state index in [9.17, 15) is 9.59 Å². The van der Waals surface area contributed by atoms with Crippen LogP contribution in [-0.4, -0.2) is 34.2 Å². The fourth-order valence-corrected chi connectivity index (χ4v) is 4.32. The van der Waals surface area contributed by atoms with Crippen LogP contribution in [0.3, 0.4) is 0 Å². The zero-order valence-corrected chi connectivity index (χ0v) is 18.7. The number of anilines is 1. The maximum absolute atomic E-state index is 12.8. The van der Waals surface area contributed by atoms with Gasteiger partial charge in [0.05, 0.1) is 5.75 Å². The molecule has 2 heterocycles. The third kappa shape index (κ3) is 5.58. The maximum atomic E-state index is 12.8. The van der Waals surface area contributed by atoms with E-state index < -0.39 is 0 Å². The molecule has 0 saturated carbocycles. The van der Waals surface area contributed by atoms with Crippen LogP contribution < -0.4 is 5.32 Å². The zero-order chi connectivity index (χ0) is 21.0. The number of hydrogen-bond acceptors (Lipinski definition) is 5. The lowest BCUT2D eigenvalue weighted by molar-refractivity contribution is -0.122. The normalized spacial score (nSPS) is 15.3. The Kier molecular flexibility index (Phi) is 6.92. The van der Waals surface area contributed by atoms with Gasteiger partial charge in [-0.25, -0.2) is 4.99 Å². The largest absolute Gasteiger partial charge is 0.325 e. The van der Waals surface area contributed by atoms with E-state index in [1.807, 2.05) is 55.6 Å². The molecule has 1 aliphatic heterocycles. The summed E-state index contributed by atoms with van der Waals surface area (Å²) in [4.78, 5) is 32.5. The molecule has 5 nitrogen and oxygen atoms in total. The molecule has 1 aromatic heterocycles. The summed E-state index contributed by atoms with van der Waals surface area (Å²) in [6.45, 7) is 8.65. The summed E-state index contributed by atoms with van der Waals surface area (Å²) < 4.78 is 0. The number of rotatable bonds is 6. The number of carbonyl (C=O) groups is 2. The van der Waals surface area contributed by atoms with Gasteiger partial charge in [0.1, 0.15) is 5.70 Å². The van der Waals surface area contributed by atoms with Crippen molar-refractivity contribution in [2.24, 2.45) is 10.9 Å². The van der Waals surface area contributed by atoms with Crippen molar-refractivity contribution in [2.75, 3.05) is 17.6 Å². The molecule has 0 radical (unpaired) electrons. The molecule has 1 N–H and O–H groups in total. The van der Waals surface area contributed by atoms with Crippen LogP contribution in [0.2, 0.25) is 0 Å². The molecule has 2 aromatic rings. The number of amides is 2. The number of carbonyl (C=O) groups excluding carboxylic acids is 2. The molecule has 0 atom stereocenters. The number of aryl methyl sites for hydroxylation is 2. The van der Waals surface area contributed by atoms with Crippen LogP contribution in [0.4, 0.5) is 5.69 Å². The van der Waals surface area contributed by atoms with Gasteiger partial charge in [-0.15, -0.1) is 11.3 Å². The Bertz CT molecular complexity index is 962. The van der Waals surface area contributed by atoms with Crippen molar-refractivity contribution in [3.63, 3.8) is 0 Å². The number of nitrogens with one attached hydrogen (secondary N) is 1. The molecule has 29 heavy (non-hydrogen) atoms. The van der Waals surface area contributed by atoms with Crippen LogP contribution >= 0.6 is 23.1 Å². The molecule has 3 rings (SSSR count). The smallest absolute Gasteiger partial charge is 0.278 e. The number of amidine groups is 1. The Balaban J connectivity index is 1.71.